The van der Waals surface area contributed by atoms with E-state index in [1.807, 2.05) is 39.8 Å². The molecular formula is C13H17NO2. The molecule has 0 spiro atoms. The average Bonchev–Trinajstić information content (AvgIpc) is 2.28. The molecule has 0 unspecified atom stereocenters. The Balaban J connectivity index is 2.49. The van der Waals surface area contributed by atoms with Crippen LogP contribution in [-0.2, 0) is 4.79 Å². The molecule has 86 valence electrons. The molecule has 0 saturated heterocycles. The highest BCUT2D eigenvalue weighted by Gasteiger charge is 2.32. The van der Waals surface area contributed by atoms with Gasteiger partial charge in [0.15, 0.2) is 0 Å². The largest absolute Gasteiger partial charge is 0.490 e. The third-order valence-corrected chi connectivity index (χ3v) is 2.89. The number of carbonyl (C=O) groups is 1. The molecule has 1 aliphatic rings. The van der Waals surface area contributed by atoms with E-state index in [1.54, 1.807) is 0 Å². The van der Waals surface area contributed by atoms with Crippen molar-refractivity contribution in [3.63, 3.8) is 0 Å². The van der Waals surface area contributed by atoms with Crippen LogP contribution >= 0.6 is 0 Å². The van der Waals surface area contributed by atoms with Gasteiger partial charge in [-0.1, -0.05) is 6.07 Å². The molecule has 3 nitrogen and oxygen atoms in total. The van der Waals surface area contributed by atoms with Gasteiger partial charge in [-0.15, -0.1) is 0 Å². The first-order valence-electron chi connectivity index (χ1n) is 5.46. The number of anilines is 1. The van der Waals surface area contributed by atoms with Gasteiger partial charge in [-0.3, -0.25) is 4.79 Å². The van der Waals surface area contributed by atoms with Crippen molar-refractivity contribution in [2.45, 2.75) is 27.7 Å². The van der Waals surface area contributed by atoms with Crippen LogP contribution < -0.4 is 10.1 Å². The van der Waals surface area contributed by atoms with E-state index in [0.29, 0.717) is 6.61 Å². The highest BCUT2D eigenvalue weighted by Crippen LogP contribution is 2.35. The predicted molar refractivity (Wildman–Crippen MR) is 63.8 cm³/mol. The van der Waals surface area contributed by atoms with Gasteiger partial charge in [0.05, 0.1) is 11.1 Å². The predicted octanol–water partition coefficient (Wildman–Crippen LogP) is 2.66. The van der Waals surface area contributed by atoms with Crippen LogP contribution in [0.25, 0.3) is 0 Å². The minimum absolute atomic E-state index is 0.0122. The average molecular weight is 219 g/mol. The van der Waals surface area contributed by atoms with E-state index < -0.39 is 5.41 Å². The summed E-state index contributed by atoms with van der Waals surface area (Å²) >= 11 is 0. The van der Waals surface area contributed by atoms with Gasteiger partial charge in [0.2, 0.25) is 5.91 Å². The number of hydrogen-bond acceptors (Lipinski definition) is 2. The van der Waals surface area contributed by atoms with Crippen LogP contribution in [0.1, 0.15) is 25.0 Å². The van der Waals surface area contributed by atoms with Crippen molar-refractivity contribution >= 4 is 11.6 Å². The summed E-state index contributed by atoms with van der Waals surface area (Å²) in [5.41, 5.74) is 2.51. The zero-order valence-electron chi connectivity index (χ0n) is 10.2. The summed E-state index contributed by atoms with van der Waals surface area (Å²) in [6.07, 6.45) is 0. The van der Waals surface area contributed by atoms with Crippen molar-refractivity contribution in [3.05, 3.63) is 23.3 Å². The van der Waals surface area contributed by atoms with Crippen LogP contribution in [0.4, 0.5) is 5.69 Å². The lowest BCUT2D eigenvalue weighted by atomic mass is 9.94. The summed E-state index contributed by atoms with van der Waals surface area (Å²) in [4.78, 5) is 11.9. The van der Waals surface area contributed by atoms with Crippen molar-refractivity contribution in [2.75, 3.05) is 11.9 Å². The number of rotatable bonds is 0. The standard InChI is InChI=1S/C13H17NO2/c1-8-5-9(2)11-10(6-8)16-7-13(3,4)12(15)14-11/h5-6H,7H2,1-4H3,(H,14,15). The first-order chi connectivity index (χ1) is 7.40. The first-order valence-corrected chi connectivity index (χ1v) is 5.46. The molecule has 0 bridgehead atoms. The lowest BCUT2D eigenvalue weighted by molar-refractivity contribution is -0.124. The van der Waals surface area contributed by atoms with E-state index in [4.69, 9.17) is 4.74 Å². The maximum Gasteiger partial charge on any atom is 0.233 e. The fourth-order valence-electron chi connectivity index (χ4n) is 1.81. The number of carbonyl (C=O) groups excluding carboxylic acids is 1. The Kier molecular flexibility index (Phi) is 2.41. The zero-order chi connectivity index (χ0) is 11.9. The van der Waals surface area contributed by atoms with Crippen LogP contribution in [0.2, 0.25) is 0 Å². The maximum absolute atomic E-state index is 11.9. The summed E-state index contributed by atoms with van der Waals surface area (Å²) < 4.78 is 5.71. The second kappa shape index (κ2) is 3.51. The molecule has 0 fully saturated rings. The van der Waals surface area contributed by atoms with Crippen LogP contribution in [0.15, 0.2) is 12.1 Å². The zero-order valence-corrected chi connectivity index (χ0v) is 10.2. The second-order valence-electron chi connectivity index (χ2n) is 5.08. The van der Waals surface area contributed by atoms with E-state index in [0.717, 1.165) is 22.6 Å². The SMILES string of the molecule is Cc1cc(C)c2c(c1)OCC(C)(C)C(=O)N2. The maximum atomic E-state index is 11.9. The number of amides is 1. The molecule has 0 aliphatic carbocycles. The van der Waals surface area contributed by atoms with Gasteiger partial charge in [0.25, 0.3) is 0 Å². The molecular weight excluding hydrogens is 202 g/mol. The van der Waals surface area contributed by atoms with Crippen molar-refractivity contribution in [1.82, 2.24) is 0 Å². The van der Waals surface area contributed by atoms with Crippen molar-refractivity contribution in [3.8, 4) is 5.75 Å². The number of ether oxygens (including phenoxy) is 1. The lowest BCUT2D eigenvalue weighted by Gasteiger charge is -2.18. The number of fused-ring (bicyclic) bond motifs is 1. The molecule has 0 atom stereocenters. The molecule has 3 heteroatoms. The first kappa shape index (κ1) is 11.0. The van der Waals surface area contributed by atoms with E-state index >= 15 is 0 Å². The molecule has 2 rings (SSSR count). The minimum atomic E-state index is -0.487. The van der Waals surface area contributed by atoms with Gasteiger partial charge in [0.1, 0.15) is 12.4 Å². The van der Waals surface area contributed by atoms with E-state index in [-0.39, 0.29) is 5.91 Å². The monoisotopic (exact) mass is 219 g/mol. The number of hydrogen-bond donors (Lipinski definition) is 1. The molecule has 1 heterocycles. The summed E-state index contributed by atoms with van der Waals surface area (Å²) in [6.45, 7) is 8.18. The Morgan fingerprint density at radius 1 is 1.31 bits per heavy atom. The fraction of sp³-hybridized carbons (Fsp3) is 0.462. The highest BCUT2D eigenvalue weighted by atomic mass is 16.5. The smallest absolute Gasteiger partial charge is 0.233 e. The Morgan fingerprint density at radius 3 is 2.69 bits per heavy atom. The molecule has 0 aromatic heterocycles. The molecule has 1 aromatic rings. The van der Waals surface area contributed by atoms with Crippen LogP contribution in [-0.4, -0.2) is 12.5 Å². The molecule has 1 aliphatic heterocycles. The summed E-state index contributed by atoms with van der Waals surface area (Å²) in [7, 11) is 0. The van der Waals surface area contributed by atoms with E-state index in [1.165, 1.54) is 0 Å². The van der Waals surface area contributed by atoms with Crippen molar-refractivity contribution in [2.24, 2.45) is 5.41 Å². The Morgan fingerprint density at radius 2 is 2.00 bits per heavy atom. The number of benzene rings is 1. The van der Waals surface area contributed by atoms with Gasteiger partial charge in [-0.25, -0.2) is 0 Å². The molecule has 1 N–H and O–H groups in total. The minimum Gasteiger partial charge on any atom is -0.490 e. The number of aryl methyl sites for hydroxylation is 2. The topological polar surface area (TPSA) is 38.3 Å². The third-order valence-electron chi connectivity index (χ3n) is 2.89. The summed E-state index contributed by atoms with van der Waals surface area (Å²) in [5.74, 6) is 0.787. The fourth-order valence-corrected chi connectivity index (χ4v) is 1.81. The van der Waals surface area contributed by atoms with Crippen LogP contribution in [0.3, 0.4) is 0 Å². The lowest BCUT2D eigenvalue weighted by Crippen LogP contribution is -2.33. The molecule has 0 saturated carbocycles. The third kappa shape index (κ3) is 1.77. The van der Waals surface area contributed by atoms with Gasteiger partial charge < -0.3 is 10.1 Å². The van der Waals surface area contributed by atoms with Crippen molar-refractivity contribution in [1.29, 1.82) is 0 Å². The van der Waals surface area contributed by atoms with Crippen LogP contribution in [0.5, 0.6) is 5.75 Å². The second-order valence-corrected chi connectivity index (χ2v) is 5.08. The summed E-state index contributed by atoms with van der Waals surface area (Å²) in [5, 5.41) is 2.94. The van der Waals surface area contributed by atoms with Gasteiger partial charge >= 0.3 is 0 Å². The normalized spacial score (nSPS) is 18.1. The Bertz CT molecular complexity index is 449. The van der Waals surface area contributed by atoms with Gasteiger partial charge in [-0.05, 0) is 44.9 Å². The summed E-state index contributed by atoms with van der Waals surface area (Å²) in [6, 6.07) is 4.00. The molecule has 1 amide bonds. The Labute approximate surface area is 95.8 Å². The quantitative estimate of drug-likeness (QED) is 0.728. The molecule has 1 aromatic carbocycles. The van der Waals surface area contributed by atoms with Crippen molar-refractivity contribution < 1.29 is 9.53 Å². The van der Waals surface area contributed by atoms with Gasteiger partial charge in [-0.2, -0.15) is 0 Å². The van der Waals surface area contributed by atoms with Gasteiger partial charge in [0, 0.05) is 0 Å². The van der Waals surface area contributed by atoms with Crippen LogP contribution in [0, 0.1) is 19.3 Å². The highest BCUT2D eigenvalue weighted by molar-refractivity contribution is 5.97. The molecule has 16 heavy (non-hydrogen) atoms. The molecule has 0 radical (unpaired) electrons. The Hall–Kier alpha value is -1.51. The number of nitrogens with one attached hydrogen (secondary N) is 1. The van der Waals surface area contributed by atoms with E-state index in [2.05, 4.69) is 5.32 Å². The van der Waals surface area contributed by atoms with E-state index in [9.17, 15) is 4.79 Å².